The van der Waals surface area contributed by atoms with Gasteiger partial charge in [0.25, 0.3) is 11.1 Å². The number of benzene rings is 3. The Morgan fingerprint density at radius 3 is 2.05 bits per heavy atom. The third kappa shape index (κ3) is 5.24. The lowest BCUT2D eigenvalue weighted by Gasteiger charge is -2.12. The highest BCUT2D eigenvalue weighted by Crippen LogP contribution is 2.35. The summed E-state index contributed by atoms with van der Waals surface area (Å²) in [4.78, 5) is 27.5. The number of rotatable bonds is 7. The summed E-state index contributed by atoms with van der Waals surface area (Å²) < 4.78 is 13.3. The van der Waals surface area contributed by atoms with Gasteiger partial charge in [-0.2, -0.15) is 0 Å². The molecule has 0 spiro atoms. The lowest BCUT2D eigenvalue weighted by atomic mass is 10.1. The summed E-state index contributed by atoms with van der Waals surface area (Å²) in [6, 6.07) is 25.2. The van der Waals surface area contributed by atoms with Gasteiger partial charge < -0.3 is 14.0 Å². The molecule has 4 aromatic rings. The predicted octanol–water partition coefficient (Wildman–Crippen LogP) is 7.44. The number of amides is 2. The fraction of sp³-hybridized carbons (Fsp3) is 0.161. The zero-order chi connectivity index (χ0) is 26.8. The third-order valence-corrected chi connectivity index (χ3v) is 7.39. The minimum absolute atomic E-state index is 0.247. The molecule has 2 heterocycles. The molecule has 1 aliphatic rings. The van der Waals surface area contributed by atoms with E-state index in [1.807, 2.05) is 106 Å². The largest absolute Gasteiger partial charge is 0.497 e. The van der Waals surface area contributed by atoms with Crippen molar-refractivity contribution in [3.63, 3.8) is 0 Å². The molecule has 0 atom stereocenters. The second-order valence-corrected chi connectivity index (χ2v) is 10.2. The number of imide groups is 1. The highest BCUT2D eigenvalue weighted by Gasteiger charge is 2.35. The van der Waals surface area contributed by atoms with Crippen LogP contribution in [0.4, 0.5) is 4.79 Å². The number of ether oxygens (including phenoxy) is 2. The van der Waals surface area contributed by atoms with Gasteiger partial charge in [0, 0.05) is 17.1 Å². The van der Waals surface area contributed by atoms with Crippen LogP contribution in [0.5, 0.6) is 17.2 Å². The topological polar surface area (TPSA) is 60.8 Å². The van der Waals surface area contributed by atoms with Crippen molar-refractivity contribution in [2.75, 3.05) is 7.11 Å². The minimum Gasteiger partial charge on any atom is -0.497 e. The molecule has 2 amide bonds. The van der Waals surface area contributed by atoms with Crippen molar-refractivity contribution in [3.8, 4) is 22.9 Å². The lowest BCUT2D eigenvalue weighted by molar-refractivity contribution is -0.123. The fourth-order valence-electron chi connectivity index (χ4n) is 4.43. The van der Waals surface area contributed by atoms with E-state index in [-0.39, 0.29) is 17.7 Å². The Bertz CT molecular complexity index is 1520. The number of methoxy groups -OCH3 is 1. The summed E-state index contributed by atoms with van der Waals surface area (Å²) in [5, 5.41) is -0.247. The number of carbonyl (C=O) groups excluding carboxylic acids is 2. The molecule has 6 nitrogen and oxygen atoms in total. The normalized spacial score (nSPS) is 14.4. The summed E-state index contributed by atoms with van der Waals surface area (Å²) >= 11 is 0.989. The summed E-state index contributed by atoms with van der Waals surface area (Å²) in [6.45, 7) is 6.31. The van der Waals surface area contributed by atoms with Crippen molar-refractivity contribution in [2.45, 2.75) is 27.3 Å². The van der Waals surface area contributed by atoms with Crippen molar-refractivity contribution in [3.05, 3.63) is 112 Å². The quantitative estimate of drug-likeness (QED) is 0.235. The highest BCUT2D eigenvalue weighted by atomic mass is 32.2. The molecular weight excluding hydrogens is 496 g/mol. The number of hydrogen-bond acceptors (Lipinski definition) is 5. The molecule has 3 aromatic carbocycles. The van der Waals surface area contributed by atoms with Gasteiger partial charge in [-0.1, -0.05) is 29.8 Å². The van der Waals surface area contributed by atoms with Crippen molar-refractivity contribution < 1.29 is 19.1 Å². The van der Waals surface area contributed by atoms with Crippen molar-refractivity contribution in [2.24, 2.45) is 0 Å². The molecule has 192 valence electrons. The molecule has 1 fully saturated rings. The zero-order valence-electron chi connectivity index (χ0n) is 21.7. The molecule has 0 radical (unpaired) electrons. The molecule has 7 heteroatoms. The Labute approximate surface area is 226 Å². The van der Waals surface area contributed by atoms with Crippen LogP contribution in [0.25, 0.3) is 11.8 Å². The van der Waals surface area contributed by atoms with E-state index in [4.69, 9.17) is 9.47 Å². The fourth-order valence-corrected chi connectivity index (χ4v) is 5.26. The summed E-state index contributed by atoms with van der Waals surface area (Å²) in [5.41, 5.74) is 5.96. The molecule has 38 heavy (non-hydrogen) atoms. The first-order valence-corrected chi connectivity index (χ1v) is 13.1. The van der Waals surface area contributed by atoms with Crippen molar-refractivity contribution >= 4 is 29.0 Å². The Kier molecular flexibility index (Phi) is 7.11. The van der Waals surface area contributed by atoms with Crippen LogP contribution in [-0.2, 0) is 11.3 Å². The van der Waals surface area contributed by atoms with Gasteiger partial charge in [0.15, 0.2) is 0 Å². The van der Waals surface area contributed by atoms with Crippen molar-refractivity contribution in [1.29, 1.82) is 0 Å². The average molecular weight is 525 g/mol. The molecule has 0 bridgehead atoms. The molecular formula is C31H28N2O4S. The predicted molar refractivity (Wildman–Crippen MR) is 151 cm³/mol. The van der Waals surface area contributed by atoms with E-state index >= 15 is 0 Å². The number of nitrogens with zero attached hydrogens (tertiary/aromatic N) is 2. The van der Waals surface area contributed by atoms with E-state index in [0.717, 1.165) is 62.8 Å². The van der Waals surface area contributed by atoms with Crippen LogP contribution >= 0.6 is 11.8 Å². The maximum Gasteiger partial charge on any atom is 0.293 e. The first kappa shape index (κ1) is 25.4. The molecule has 1 aromatic heterocycles. The average Bonchev–Trinajstić information content (AvgIpc) is 3.34. The van der Waals surface area contributed by atoms with Crippen LogP contribution in [-0.4, -0.2) is 27.7 Å². The van der Waals surface area contributed by atoms with E-state index in [0.29, 0.717) is 4.91 Å². The van der Waals surface area contributed by atoms with E-state index in [1.165, 1.54) is 4.90 Å². The monoisotopic (exact) mass is 524 g/mol. The molecule has 5 rings (SSSR count). The number of hydrogen-bond donors (Lipinski definition) is 0. The van der Waals surface area contributed by atoms with Crippen LogP contribution in [0.1, 0.15) is 28.1 Å². The van der Waals surface area contributed by atoms with Gasteiger partial charge in [-0.05, 0) is 104 Å². The van der Waals surface area contributed by atoms with Gasteiger partial charge in [0.2, 0.25) is 0 Å². The number of thioether (sulfide) groups is 1. The van der Waals surface area contributed by atoms with Crippen LogP contribution in [0.2, 0.25) is 0 Å². The Morgan fingerprint density at radius 1 is 0.816 bits per heavy atom. The molecule has 0 unspecified atom stereocenters. The van der Waals surface area contributed by atoms with E-state index < -0.39 is 0 Å². The molecule has 1 aliphatic heterocycles. The minimum atomic E-state index is -0.259. The standard InChI is InChI=1S/C31H28N2O4S/c1-20-5-7-23(8-6-20)19-32-30(34)29(38-31(32)35)18-24-17-21(2)33(22(24)3)25-9-11-27(12-10-25)37-28-15-13-26(36-4)14-16-28/h5-18H,19H2,1-4H3/b29-18-. The Morgan fingerprint density at radius 2 is 1.42 bits per heavy atom. The highest BCUT2D eigenvalue weighted by molar-refractivity contribution is 8.18. The van der Waals surface area contributed by atoms with E-state index in [2.05, 4.69) is 4.57 Å². The van der Waals surface area contributed by atoms with Gasteiger partial charge in [0.1, 0.15) is 17.2 Å². The van der Waals surface area contributed by atoms with Crippen LogP contribution in [0.15, 0.2) is 83.8 Å². The lowest BCUT2D eigenvalue weighted by Crippen LogP contribution is -2.27. The first-order valence-electron chi connectivity index (χ1n) is 12.2. The van der Waals surface area contributed by atoms with Gasteiger partial charge in [-0.3, -0.25) is 14.5 Å². The molecule has 0 aliphatic carbocycles. The Balaban J connectivity index is 1.33. The van der Waals surface area contributed by atoms with Gasteiger partial charge in [-0.25, -0.2) is 0 Å². The SMILES string of the molecule is COc1ccc(Oc2ccc(-n3c(C)cc(/C=C4\SC(=O)N(Cc5ccc(C)cc5)C4=O)c3C)cc2)cc1. The maximum absolute atomic E-state index is 13.1. The second kappa shape index (κ2) is 10.6. The third-order valence-electron chi connectivity index (χ3n) is 6.48. The number of carbonyl (C=O) groups is 2. The van der Waals surface area contributed by atoms with E-state index in [1.54, 1.807) is 7.11 Å². The van der Waals surface area contributed by atoms with Gasteiger partial charge in [0.05, 0.1) is 18.6 Å². The summed E-state index contributed by atoms with van der Waals surface area (Å²) in [6.07, 6.45) is 1.82. The van der Waals surface area contributed by atoms with Crippen LogP contribution in [0, 0.1) is 20.8 Å². The molecule has 0 N–H and O–H groups in total. The van der Waals surface area contributed by atoms with Crippen LogP contribution < -0.4 is 9.47 Å². The second-order valence-electron chi connectivity index (χ2n) is 9.19. The van der Waals surface area contributed by atoms with Crippen LogP contribution in [0.3, 0.4) is 0 Å². The number of aromatic nitrogens is 1. The maximum atomic E-state index is 13.1. The first-order chi connectivity index (χ1) is 18.3. The zero-order valence-corrected chi connectivity index (χ0v) is 22.5. The van der Waals surface area contributed by atoms with Crippen molar-refractivity contribution in [1.82, 2.24) is 9.47 Å². The smallest absolute Gasteiger partial charge is 0.293 e. The number of aryl methyl sites for hydroxylation is 2. The Hall–Kier alpha value is -4.23. The summed E-state index contributed by atoms with van der Waals surface area (Å²) in [7, 11) is 1.63. The van der Waals surface area contributed by atoms with Gasteiger partial charge in [-0.15, -0.1) is 0 Å². The van der Waals surface area contributed by atoms with Gasteiger partial charge >= 0.3 is 0 Å². The van der Waals surface area contributed by atoms with E-state index in [9.17, 15) is 9.59 Å². The molecule has 0 saturated carbocycles. The summed E-state index contributed by atoms with van der Waals surface area (Å²) in [5.74, 6) is 1.97. The molecule has 1 saturated heterocycles.